The van der Waals surface area contributed by atoms with Gasteiger partial charge in [-0.1, -0.05) is 83.1 Å². The number of rotatable bonds is 31. The van der Waals surface area contributed by atoms with Crippen molar-refractivity contribution in [2.75, 3.05) is 7.11 Å². The van der Waals surface area contributed by atoms with Crippen LogP contribution < -0.4 is 58.5 Å². The highest BCUT2D eigenvalue weighted by Crippen LogP contribution is 2.15. The van der Waals surface area contributed by atoms with E-state index in [2.05, 4.69) is 58.5 Å². The van der Waals surface area contributed by atoms with Crippen LogP contribution in [0.5, 0.6) is 0 Å². The van der Waals surface area contributed by atoms with Gasteiger partial charge in [-0.15, -0.1) is 0 Å². The predicted molar refractivity (Wildman–Crippen MR) is 305 cm³/mol. The highest BCUT2D eigenvalue weighted by molar-refractivity contribution is 6.00. The first kappa shape index (κ1) is 74.4. The molecule has 81 heavy (non-hydrogen) atoms. The first-order valence-corrected chi connectivity index (χ1v) is 28.0. The molecule has 0 aromatic carbocycles. The standard InChI is InChI=1S/C56H101N11O14/c1-27(2)24-36(45(71)66-56(21,22)52(78)64-40(31(9)10)48(74)58-35(15)44(70)62-38(26-29(5)6)50(76)80-23)60-42(68)33(13)57-47(73)39(30(7)8)63-51(77)55(19,20)67-46(72)37(25-28(3)4)61-43(69)34(14)59-49(75)41(32(11)12)65-53(79)81-54(16,17)18/h27-41H,24-26H2,1-23H3,(H,57,73)(H,58,74)(H,59,75)(H,60,68)(H,61,69)(H,62,70)(H,63,77)(H,64,78)(H,65,79)(H,66,71)(H,67,72)/t33-,34-,35-,36-,37-,38-,39-,40-,41-/m0/s1. The molecule has 0 bridgehead atoms. The summed E-state index contributed by atoms with van der Waals surface area (Å²) in [5, 5.41) is 28.8. The molecule has 11 N–H and O–H groups in total. The summed E-state index contributed by atoms with van der Waals surface area (Å²) in [4.78, 5) is 161. The van der Waals surface area contributed by atoms with Gasteiger partial charge in [0, 0.05) is 0 Å². The summed E-state index contributed by atoms with van der Waals surface area (Å²) in [5.74, 6) is -9.55. The zero-order chi connectivity index (χ0) is 63.4. The zero-order valence-corrected chi connectivity index (χ0v) is 52.5. The number of methoxy groups -OCH3 is 1. The van der Waals surface area contributed by atoms with Gasteiger partial charge in [-0.3, -0.25) is 47.9 Å². The van der Waals surface area contributed by atoms with Crippen LogP contribution in [0, 0.1) is 35.5 Å². The monoisotopic (exact) mass is 1150 g/mol. The predicted octanol–water partition coefficient (Wildman–Crippen LogP) is 1.89. The second-order valence-corrected chi connectivity index (χ2v) is 25.3. The quantitative estimate of drug-likeness (QED) is 0.0442. The van der Waals surface area contributed by atoms with E-state index in [4.69, 9.17) is 9.47 Å². The first-order valence-electron chi connectivity index (χ1n) is 28.0. The summed E-state index contributed by atoms with van der Waals surface area (Å²) in [6.45, 7) is 35.9. The van der Waals surface area contributed by atoms with Crippen molar-refractivity contribution in [3.05, 3.63) is 0 Å². The van der Waals surface area contributed by atoms with E-state index in [1.807, 2.05) is 41.5 Å². The van der Waals surface area contributed by atoms with Gasteiger partial charge in [-0.2, -0.15) is 0 Å². The van der Waals surface area contributed by atoms with Gasteiger partial charge in [0.05, 0.1) is 7.11 Å². The number of hydrogen-bond acceptors (Lipinski definition) is 14. The van der Waals surface area contributed by atoms with Crippen molar-refractivity contribution in [3.8, 4) is 0 Å². The molecule has 9 atom stereocenters. The van der Waals surface area contributed by atoms with E-state index in [0.717, 1.165) is 0 Å². The summed E-state index contributed by atoms with van der Waals surface area (Å²) in [6.07, 6.45) is -0.269. The van der Waals surface area contributed by atoms with Gasteiger partial charge < -0.3 is 68.0 Å². The molecular formula is C56H101N11O14. The number of carbonyl (C=O) groups is 12. The van der Waals surface area contributed by atoms with Gasteiger partial charge in [0.2, 0.25) is 59.1 Å². The maximum absolute atomic E-state index is 13.9. The number of esters is 1. The Morgan fingerprint density at radius 2 is 0.617 bits per heavy atom. The topological polar surface area (TPSA) is 356 Å². The second-order valence-electron chi connectivity index (χ2n) is 25.3. The fraction of sp³-hybridized carbons (Fsp3) is 0.786. The molecule has 0 heterocycles. The lowest BCUT2D eigenvalue weighted by atomic mass is 9.97. The maximum atomic E-state index is 13.9. The molecule has 25 heteroatoms. The van der Waals surface area contributed by atoms with Crippen molar-refractivity contribution in [3.63, 3.8) is 0 Å². The van der Waals surface area contributed by atoms with E-state index in [9.17, 15) is 57.5 Å². The summed E-state index contributed by atoms with van der Waals surface area (Å²) in [5.41, 5.74) is -4.15. The zero-order valence-electron chi connectivity index (χ0n) is 52.5. The first-order chi connectivity index (χ1) is 36.9. The smallest absolute Gasteiger partial charge is 0.408 e. The van der Waals surface area contributed by atoms with Crippen molar-refractivity contribution >= 4 is 71.1 Å². The van der Waals surface area contributed by atoms with Crippen LogP contribution in [0.3, 0.4) is 0 Å². The Bertz CT molecular complexity index is 2210. The van der Waals surface area contributed by atoms with E-state index in [1.54, 1.807) is 62.3 Å². The van der Waals surface area contributed by atoms with Crippen LogP contribution in [0.15, 0.2) is 0 Å². The molecule has 0 rings (SSSR count). The number of carbonyl (C=O) groups excluding carboxylic acids is 12. The number of hydrogen-bond donors (Lipinski definition) is 11. The normalized spacial score (nSPS) is 15.3. The molecule has 0 aromatic heterocycles. The SMILES string of the molecule is COC(=O)[C@H](CC(C)C)NC(=O)[C@H](C)NC(=O)[C@@H](NC(=O)C(C)(C)NC(=O)[C@H](CC(C)C)NC(=O)[C@H](C)NC(=O)[C@@H](NC(=O)C(C)(C)NC(=O)[C@H](CC(C)C)NC(=O)[C@H](C)NC(=O)[C@@H](NC(=O)OC(C)(C)C)C(C)C)C(C)C)C(C)C. The van der Waals surface area contributed by atoms with E-state index in [0.29, 0.717) is 6.42 Å². The summed E-state index contributed by atoms with van der Waals surface area (Å²) in [6, 6.07) is -10.3. The number of ether oxygens (including phenoxy) is 2. The highest BCUT2D eigenvalue weighted by Gasteiger charge is 2.40. The Hall–Kier alpha value is -6.56. The van der Waals surface area contributed by atoms with Crippen LogP contribution in [0.4, 0.5) is 4.79 Å². The minimum atomic E-state index is -1.67. The van der Waals surface area contributed by atoms with Crippen LogP contribution in [0.25, 0.3) is 0 Å². The van der Waals surface area contributed by atoms with Crippen molar-refractivity contribution in [1.29, 1.82) is 0 Å². The van der Waals surface area contributed by atoms with Gasteiger partial charge in [0.1, 0.15) is 71.1 Å². The number of alkyl carbamates (subject to hydrolysis) is 1. The van der Waals surface area contributed by atoms with Crippen molar-refractivity contribution in [1.82, 2.24) is 58.5 Å². The lowest BCUT2D eigenvalue weighted by Gasteiger charge is -2.32. The molecule has 0 spiro atoms. The molecule has 0 saturated heterocycles. The van der Waals surface area contributed by atoms with Crippen molar-refractivity contribution < 1.29 is 67.0 Å². The van der Waals surface area contributed by atoms with Crippen molar-refractivity contribution in [2.45, 2.75) is 243 Å². The average molecular weight is 1150 g/mol. The third kappa shape index (κ3) is 26.7. The van der Waals surface area contributed by atoms with E-state index < -0.39 is 154 Å². The Labute approximate surface area is 480 Å². The van der Waals surface area contributed by atoms with Crippen LogP contribution in [0.2, 0.25) is 0 Å². The fourth-order valence-electron chi connectivity index (χ4n) is 7.82. The largest absolute Gasteiger partial charge is 0.467 e. The Morgan fingerprint density at radius 3 is 0.877 bits per heavy atom. The van der Waals surface area contributed by atoms with Gasteiger partial charge in [0.25, 0.3) is 0 Å². The molecule has 0 aliphatic heterocycles. The average Bonchev–Trinajstić information content (AvgIpc) is 3.30. The Balaban J connectivity index is 6.05. The van der Waals surface area contributed by atoms with E-state index >= 15 is 0 Å². The van der Waals surface area contributed by atoms with Crippen LogP contribution in [-0.2, 0) is 62.2 Å². The molecular weight excluding hydrogens is 1050 g/mol. The molecule has 0 unspecified atom stereocenters. The lowest BCUT2D eigenvalue weighted by molar-refractivity contribution is -0.146. The van der Waals surface area contributed by atoms with E-state index in [1.165, 1.54) is 55.6 Å². The van der Waals surface area contributed by atoms with E-state index in [-0.39, 0.29) is 36.5 Å². The molecule has 0 aliphatic carbocycles. The van der Waals surface area contributed by atoms with Crippen LogP contribution in [-0.4, -0.2) is 149 Å². The van der Waals surface area contributed by atoms with Crippen LogP contribution >= 0.6 is 0 Å². The maximum Gasteiger partial charge on any atom is 0.408 e. The van der Waals surface area contributed by atoms with Gasteiger partial charge in [-0.25, -0.2) is 9.59 Å². The molecule has 0 radical (unpaired) electrons. The molecule has 25 nitrogen and oxygen atoms in total. The molecule has 0 aliphatic rings. The fourth-order valence-corrected chi connectivity index (χ4v) is 7.82. The highest BCUT2D eigenvalue weighted by atomic mass is 16.6. The number of nitrogens with one attached hydrogen (secondary N) is 11. The summed E-state index contributed by atoms with van der Waals surface area (Å²) in [7, 11) is 1.20. The number of amides is 11. The Kier molecular flexibility index (Phi) is 30.1. The van der Waals surface area contributed by atoms with Crippen molar-refractivity contribution in [2.24, 2.45) is 35.5 Å². The lowest BCUT2D eigenvalue weighted by Crippen LogP contribution is -2.64. The molecule has 464 valence electrons. The van der Waals surface area contributed by atoms with Gasteiger partial charge in [0.15, 0.2) is 0 Å². The summed E-state index contributed by atoms with van der Waals surface area (Å²) < 4.78 is 10.1. The molecule has 11 amide bonds. The molecule has 0 saturated carbocycles. The molecule has 0 fully saturated rings. The van der Waals surface area contributed by atoms with Gasteiger partial charge >= 0.3 is 12.1 Å². The van der Waals surface area contributed by atoms with Crippen LogP contribution in [0.1, 0.15) is 172 Å². The minimum absolute atomic E-state index is 0.0422. The minimum Gasteiger partial charge on any atom is -0.467 e. The second kappa shape index (κ2) is 32.8. The third-order valence-electron chi connectivity index (χ3n) is 12.5. The molecule has 0 aromatic rings. The summed E-state index contributed by atoms with van der Waals surface area (Å²) >= 11 is 0. The Morgan fingerprint density at radius 1 is 0.346 bits per heavy atom. The third-order valence-corrected chi connectivity index (χ3v) is 12.5. The van der Waals surface area contributed by atoms with Gasteiger partial charge in [-0.05, 0) is 124 Å².